The average molecular weight is 339 g/mol. The van der Waals surface area contributed by atoms with E-state index in [-0.39, 0.29) is 17.0 Å². The van der Waals surface area contributed by atoms with Crippen LogP contribution in [-0.4, -0.2) is 23.6 Å². The van der Waals surface area contributed by atoms with Crippen molar-refractivity contribution >= 4 is 17.6 Å². The lowest BCUT2D eigenvalue weighted by atomic mass is 10.1. The van der Waals surface area contributed by atoms with E-state index in [9.17, 15) is 22.8 Å². The van der Waals surface area contributed by atoms with E-state index in [1.54, 1.807) is 0 Å². The highest BCUT2D eigenvalue weighted by molar-refractivity contribution is 6.04. The monoisotopic (exact) mass is 339 g/mol. The van der Waals surface area contributed by atoms with Crippen LogP contribution in [0.25, 0.3) is 0 Å². The molecule has 0 aliphatic rings. The van der Waals surface area contributed by atoms with Gasteiger partial charge in [-0.25, -0.2) is 4.79 Å². The number of hydrogen-bond donors (Lipinski definition) is 2. The summed E-state index contributed by atoms with van der Waals surface area (Å²) >= 11 is 0. The van der Waals surface area contributed by atoms with Gasteiger partial charge < -0.3 is 15.2 Å². The van der Waals surface area contributed by atoms with Crippen LogP contribution in [0.1, 0.15) is 15.9 Å². The minimum absolute atomic E-state index is 0.0148. The summed E-state index contributed by atoms with van der Waals surface area (Å²) in [5.74, 6) is -1.48. The Kier molecular flexibility index (Phi) is 5.08. The lowest BCUT2D eigenvalue weighted by molar-refractivity contribution is -0.139. The molecule has 2 rings (SSSR count). The summed E-state index contributed by atoms with van der Waals surface area (Å²) in [6.45, 7) is -0.518. The fourth-order valence-electron chi connectivity index (χ4n) is 1.82. The number of anilines is 1. The third kappa shape index (κ3) is 4.73. The molecule has 0 saturated carbocycles. The van der Waals surface area contributed by atoms with Gasteiger partial charge in [0, 0.05) is 11.3 Å². The van der Waals surface area contributed by atoms with E-state index in [1.807, 2.05) is 0 Å². The van der Waals surface area contributed by atoms with Gasteiger partial charge in [0.1, 0.15) is 5.75 Å². The summed E-state index contributed by atoms with van der Waals surface area (Å²) in [6, 6.07) is 9.82. The van der Waals surface area contributed by atoms with Crippen LogP contribution >= 0.6 is 0 Å². The molecule has 1 amide bonds. The van der Waals surface area contributed by atoms with Crippen molar-refractivity contribution in [3.05, 3.63) is 59.7 Å². The molecular weight excluding hydrogens is 327 g/mol. The summed E-state index contributed by atoms with van der Waals surface area (Å²) in [7, 11) is 0. The van der Waals surface area contributed by atoms with Crippen molar-refractivity contribution in [2.75, 3.05) is 11.9 Å². The molecule has 8 heteroatoms. The van der Waals surface area contributed by atoms with Gasteiger partial charge in [0.2, 0.25) is 0 Å². The molecule has 0 heterocycles. The highest BCUT2D eigenvalue weighted by Gasteiger charge is 2.30. The van der Waals surface area contributed by atoms with Crippen molar-refractivity contribution in [1.29, 1.82) is 0 Å². The van der Waals surface area contributed by atoms with Crippen molar-refractivity contribution in [3.63, 3.8) is 0 Å². The van der Waals surface area contributed by atoms with Gasteiger partial charge in [0.15, 0.2) is 6.61 Å². The van der Waals surface area contributed by atoms with Crippen LogP contribution in [0.5, 0.6) is 5.75 Å². The number of carbonyl (C=O) groups excluding carboxylic acids is 1. The van der Waals surface area contributed by atoms with Crippen LogP contribution in [0.15, 0.2) is 48.5 Å². The first-order chi connectivity index (χ1) is 11.3. The molecule has 24 heavy (non-hydrogen) atoms. The Labute approximate surface area is 134 Å². The van der Waals surface area contributed by atoms with E-state index in [0.717, 1.165) is 12.1 Å². The smallest absolute Gasteiger partial charge is 0.416 e. The number of carboxylic acid groups (broad SMARTS) is 1. The summed E-state index contributed by atoms with van der Waals surface area (Å²) in [5, 5.41) is 10.9. The maximum Gasteiger partial charge on any atom is 0.416 e. The summed E-state index contributed by atoms with van der Waals surface area (Å²) < 4.78 is 42.8. The fraction of sp³-hybridized carbons (Fsp3) is 0.125. The normalized spacial score (nSPS) is 11.0. The number of hydrogen-bond acceptors (Lipinski definition) is 3. The summed E-state index contributed by atoms with van der Waals surface area (Å²) in [6.07, 6.45) is -4.50. The first-order valence-electron chi connectivity index (χ1n) is 6.69. The molecule has 0 saturated heterocycles. The number of aliphatic carboxylic acids is 1. The topological polar surface area (TPSA) is 75.6 Å². The van der Waals surface area contributed by atoms with Crippen LogP contribution in [0.3, 0.4) is 0 Å². The third-order valence-electron chi connectivity index (χ3n) is 2.93. The molecule has 5 nitrogen and oxygen atoms in total. The second-order valence-corrected chi connectivity index (χ2v) is 4.74. The van der Waals surface area contributed by atoms with Gasteiger partial charge in [-0.3, -0.25) is 4.79 Å². The molecule has 2 aromatic carbocycles. The Bertz CT molecular complexity index is 742. The maximum atomic E-state index is 12.6. The molecule has 2 N–H and O–H groups in total. The van der Waals surface area contributed by atoms with Crippen LogP contribution < -0.4 is 10.1 Å². The van der Waals surface area contributed by atoms with E-state index in [2.05, 4.69) is 5.32 Å². The first-order valence-corrected chi connectivity index (χ1v) is 6.69. The van der Waals surface area contributed by atoms with Crippen molar-refractivity contribution in [3.8, 4) is 5.75 Å². The highest BCUT2D eigenvalue weighted by atomic mass is 19.4. The Hall–Kier alpha value is -3.03. The molecule has 0 atom stereocenters. The second-order valence-electron chi connectivity index (χ2n) is 4.74. The Morgan fingerprint density at radius 3 is 2.33 bits per heavy atom. The average Bonchev–Trinajstić information content (AvgIpc) is 2.53. The molecule has 126 valence electrons. The minimum Gasteiger partial charge on any atom is -0.482 e. The predicted octanol–water partition coefficient (Wildman–Crippen LogP) is 3.42. The van der Waals surface area contributed by atoms with E-state index in [0.29, 0.717) is 0 Å². The molecule has 0 fully saturated rings. The van der Waals surface area contributed by atoms with Gasteiger partial charge in [-0.15, -0.1) is 0 Å². The number of benzene rings is 2. The summed E-state index contributed by atoms with van der Waals surface area (Å²) in [5.41, 5.74) is -0.658. The van der Waals surface area contributed by atoms with Crippen molar-refractivity contribution in [1.82, 2.24) is 0 Å². The number of ether oxygens (including phenoxy) is 1. The van der Waals surface area contributed by atoms with Gasteiger partial charge >= 0.3 is 12.1 Å². The van der Waals surface area contributed by atoms with E-state index < -0.39 is 30.2 Å². The number of carbonyl (C=O) groups is 2. The molecule has 0 aliphatic carbocycles. The van der Waals surface area contributed by atoms with E-state index >= 15 is 0 Å². The number of carboxylic acids is 1. The number of alkyl halides is 3. The quantitative estimate of drug-likeness (QED) is 0.875. The zero-order chi connectivity index (χ0) is 17.7. The largest absolute Gasteiger partial charge is 0.482 e. The van der Waals surface area contributed by atoms with Crippen molar-refractivity contribution in [2.24, 2.45) is 0 Å². The van der Waals surface area contributed by atoms with E-state index in [4.69, 9.17) is 9.84 Å². The van der Waals surface area contributed by atoms with Crippen LogP contribution in [0.2, 0.25) is 0 Å². The fourth-order valence-corrected chi connectivity index (χ4v) is 1.82. The molecule has 0 bridgehead atoms. The van der Waals surface area contributed by atoms with Crippen LogP contribution in [0, 0.1) is 0 Å². The number of halogens is 3. The van der Waals surface area contributed by atoms with E-state index in [1.165, 1.54) is 36.4 Å². The van der Waals surface area contributed by atoms with Gasteiger partial charge in [-0.05, 0) is 42.5 Å². The zero-order valence-electron chi connectivity index (χ0n) is 12.1. The lowest BCUT2D eigenvalue weighted by Crippen LogP contribution is -2.13. The van der Waals surface area contributed by atoms with Crippen LogP contribution in [0.4, 0.5) is 18.9 Å². The second kappa shape index (κ2) is 7.03. The van der Waals surface area contributed by atoms with Gasteiger partial charge in [0.25, 0.3) is 5.91 Å². The molecule has 0 unspecified atom stereocenters. The molecule has 2 aromatic rings. The molecule has 0 spiro atoms. The summed E-state index contributed by atoms with van der Waals surface area (Å²) in [4.78, 5) is 22.4. The predicted molar refractivity (Wildman–Crippen MR) is 79.0 cm³/mol. The third-order valence-corrected chi connectivity index (χ3v) is 2.93. The minimum atomic E-state index is -4.50. The Balaban J connectivity index is 2.06. The van der Waals surface area contributed by atoms with Crippen molar-refractivity contribution < 1.29 is 32.6 Å². The number of amides is 1. The standard InChI is InChI=1S/C16H12F3NO4/c17-16(18,19)11-2-1-3-12(8-11)20-15(23)10-4-6-13(7-5-10)24-9-14(21)22/h1-8H,9H2,(H,20,23)(H,21,22). The van der Waals surface area contributed by atoms with Gasteiger partial charge in [-0.2, -0.15) is 13.2 Å². The molecule has 0 radical (unpaired) electrons. The first kappa shape index (κ1) is 17.3. The number of nitrogens with one attached hydrogen (secondary N) is 1. The highest BCUT2D eigenvalue weighted by Crippen LogP contribution is 2.30. The number of rotatable bonds is 5. The lowest BCUT2D eigenvalue weighted by Gasteiger charge is -2.10. The molecule has 0 aromatic heterocycles. The van der Waals surface area contributed by atoms with Crippen LogP contribution in [-0.2, 0) is 11.0 Å². The molecule has 0 aliphatic heterocycles. The SMILES string of the molecule is O=C(O)COc1ccc(C(=O)Nc2cccc(C(F)(F)F)c2)cc1. The molecular formula is C16H12F3NO4. The van der Waals surface area contributed by atoms with Gasteiger partial charge in [0.05, 0.1) is 5.56 Å². The Morgan fingerprint density at radius 1 is 1.08 bits per heavy atom. The zero-order valence-corrected chi connectivity index (χ0v) is 12.1. The Morgan fingerprint density at radius 2 is 1.75 bits per heavy atom. The van der Waals surface area contributed by atoms with Gasteiger partial charge in [-0.1, -0.05) is 6.07 Å². The maximum absolute atomic E-state index is 12.6. The van der Waals surface area contributed by atoms with Crippen molar-refractivity contribution in [2.45, 2.75) is 6.18 Å².